The van der Waals surface area contributed by atoms with Crippen molar-refractivity contribution in [1.29, 1.82) is 0 Å². The van der Waals surface area contributed by atoms with Crippen molar-refractivity contribution < 1.29 is 0 Å². The normalized spacial score (nSPS) is 20.4. The highest BCUT2D eigenvalue weighted by Gasteiger charge is 2.16. The molecule has 0 fully saturated rings. The van der Waals surface area contributed by atoms with Crippen molar-refractivity contribution in [3.8, 4) is 0 Å². The van der Waals surface area contributed by atoms with Gasteiger partial charge in [0.25, 0.3) is 0 Å². The van der Waals surface area contributed by atoms with Gasteiger partial charge < -0.3 is 0 Å². The number of rotatable bonds is 3. The summed E-state index contributed by atoms with van der Waals surface area (Å²) >= 11 is 10.4. The van der Waals surface area contributed by atoms with Crippen LogP contribution in [0.1, 0.15) is 6.92 Å². The first-order chi connectivity index (χ1) is 4.09. The van der Waals surface area contributed by atoms with E-state index in [1.54, 1.807) is 0 Å². The summed E-state index contributed by atoms with van der Waals surface area (Å²) < 4.78 is 0. The van der Waals surface area contributed by atoms with Gasteiger partial charge in [-0.3, -0.25) is 0 Å². The van der Waals surface area contributed by atoms with Gasteiger partial charge in [-0.1, -0.05) is 60.8 Å². The first-order valence-electron chi connectivity index (χ1n) is 2.64. The van der Waals surface area contributed by atoms with E-state index in [1.165, 1.54) is 0 Å². The Hall–Kier alpha value is 1.18. The van der Waals surface area contributed by atoms with E-state index in [0.29, 0.717) is 14.5 Å². The fraction of sp³-hybridized carbons (Fsp3) is 0.667. The lowest BCUT2D eigenvalue weighted by atomic mass is 10.2. The lowest BCUT2D eigenvalue weighted by molar-refractivity contribution is 0.904. The van der Waals surface area contributed by atoms with Gasteiger partial charge in [-0.2, -0.15) is 0 Å². The Morgan fingerprint density at radius 1 is 1.33 bits per heavy atom. The summed E-state index contributed by atoms with van der Waals surface area (Å²) in [4.78, 5) is 1.21. The Morgan fingerprint density at radius 2 is 1.78 bits per heavy atom. The van der Waals surface area contributed by atoms with E-state index in [-0.39, 0.29) is 0 Å². The summed E-state index contributed by atoms with van der Waals surface area (Å²) in [6.45, 7) is 5.76. The summed E-state index contributed by atoms with van der Waals surface area (Å²) in [6.07, 6.45) is 1.87. The van der Waals surface area contributed by atoms with Crippen molar-refractivity contribution in [2.45, 2.75) is 21.4 Å². The standard InChI is InChI=1S/C6H9Br3/c1-3-5(8)6(9)4(2)7/h3-6H,1H2,2H3. The van der Waals surface area contributed by atoms with Crippen LogP contribution >= 0.6 is 47.8 Å². The molecule has 0 saturated carbocycles. The fourth-order valence-electron chi connectivity index (χ4n) is 0.383. The van der Waals surface area contributed by atoms with Crippen LogP contribution in [0.15, 0.2) is 12.7 Å². The second-order valence-corrected chi connectivity index (χ2v) is 5.36. The van der Waals surface area contributed by atoms with Crippen LogP contribution < -0.4 is 0 Å². The lowest BCUT2D eigenvalue weighted by Crippen LogP contribution is -2.19. The molecule has 0 aliphatic carbocycles. The molecule has 0 rings (SSSR count). The van der Waals surface area contributed by atoms with Gasteiger partial charge in [-0.15, -0.1) is 6.58 Å². The van der Waals surface area contributed by atoms with E-state index < -0.39 is 0 Å². The van der Waals surface area contributed by atoms with Gasteiger partial charge in [0.2, 0.25) is 0 Å². The number of hydrogen-bond acceptors (Lipinski definition) is 0. The molecule has 0 saturated heterocycles. The number of alkyl halides is 3. The first-order valence-corrected chi connectivity index (χ1v) is 5.39. The van der Waals surface area contributed by atoms with Crippen molar-refractivity contribution in [3.63, 3.8) is 0 Å². The molecule has 0 N–H and O–H groups in total. The highest BCUT2D eigenvalue weighted by Crippen LogP contribution is 2.22. The quantitative estimate of drug-likeness (QED) is 0.551. The first kappa shape index (κ1) is 10.2. The summed E-state index contributed by atoms with van der Waals surface area (Å²) in [5, 5.41) is 0. The van der Waals surface area contributed by atoms with E-state index in [1.807, 2.05) is 6.08 Å². The maximum absolute atomic E-state index is 3.67. The van der Waals surface area contributed by atoms with Crippen molar-refractivity contribution in [3.05, 3.63) is 12.7 Å². The molecule has 3 unspecified atom stereocenters. The van der Waals surface area contributed by atoms with E-state index in [2.05, 4.69) is 61.3 Å². The van der Waals surface area contributed by atoms with Gasteiger partial charge in [-0.25, -0.2) is 0 Å². The largest absolute Gasteiger partial charge is 0.102 e. The smallest absolute Gasteiger partial charge is 0.0458 e. The second kappa shape index (κ2) is 4.91. The van der Waals surface area contributed by atoms with Crippen LogP contribution in [0.5, 0.6) is 0 Å². The SMILES string of the molecule is C=CC(Br)C(Br)C(C)Br. The van der Waals surface area contributed by atoms with Crippen molar-refractivity contribution in [1.82, 2.24) is 0 Å². The Labute approximate surface area is 81.5 Å². The molecule has 54 valence electrons. The Morgan fingerprint density at radius 3 is 1.89 bits per heavy atom. The van der Waals surface area contributed by atoms with Crippen molar-refractivity contribution >= 4 is 47.8 Å². The fourth-order valence-corrected chi connectivity index (χ4v) is 1.80. The Kier molecular flexibility index (Phi) is 5.56. The average Bonchev–Trinajstić information content (AvgIpc) is 1.84. The molecule has 0 aromatic heterocycles. The lowest BCUT2D eigenvalue weighted by Gasteiger charge is -2.14. The summed E-state index contributed by atoms with van der Waals surface area (Å²) in [6, 6.07) is 0. The highest BCUT2D eigenvalue weighted by atomic mass is 79.9. The molecule has 0 aliphatic heterocycles. The summed E-state index contributed by atoms with van der Waals surface area (Å²) in [5.41, 5.74) is 0. The molecule has 0 bridgehead atoms. The van der Waals surface area contributed by atoms with Crippen LogP contribution in [0.25, 0.3) is 0 Å². The van der Waals surface area contributed by atoms with E-state index in [0.717, 1.165) is 0 Å². The van der Waals surface area contributed by atoms with Gasteiger partial charge in [0.05, 0.1) is 0 Å². The minimum absolute atomic E-state index is 0.340. The third-order valence-electron chi connectivity index (χ3n) is 0.968. The molecular weight excluding hydrogens is 312 g/mol. The summed E-state index contributed by atoms with van der Waals surface area (Å²) in [5.74, 6) is 0. The average molecular weight is 321 g/mol. The second-order valence-electron chi connectivity index (χ2n) is 1.80. The van der Waals surface area contributed by atoms with E-state index in [4.69, 9.17) is 0 Å². The minimum atomic E-state index is 0.340. The molecule has 0 spiro atoms. The van der Waals surface area contributed by atoms with Crippen molar-refractivity contribution in [2.75, 3.05) is 0 Å². The molecule has 3 atom stereocenters. The molecule has 0 amide bonds. The highest BCUT2D eigenvalue weighted by molar-refractivity contribution is 9.13. The topological polar surface area (TPSA) is 0 Å². The molecule has 0 aliphatic rings. The maximum Gasteiger partial charge on any atom is 0.0458 e. The molecular formula is C6H9Br3. The molecule has 0 nitrogen and oxygen atoms in total. The van der Waals surface area contributed by atoms with Crippen LogP contribution in [0.4, 0.5) is 0 Å². The van der Waals surface area contributed by atoms with Crippen LogP contribution in [0.3, 0.4) is 0 Å². The molecule has 3 heteroatoms. The molecule has 0 heterocycles. The molecule has 0 aromatic rings. The number of halogens is 3. The van der Waals surface area contributed by atoms with Crippen molar-refractivity contribution in [2.24, 2.45) is 0 Å². The molecule has 0 radical (unpaired) electrons. The summed E-state index contributed by atoms with van der Waals surface area (Å²) in [7, 11) is 0. The zero-order valence-electron chi connectivity index (χ0n) is 5.15. The predicted molar refractivity (Wildman–Crippen MR) is 54.0 cm³/mol. The third kappa shape index (κ3) is 3.79. The van der Waals surface area contributed by atoms with Crippen LogP contribution in [0, 0.1) is 0 Å². The van der Waals surface area contributed by atoms with Crippen LogP contribution in [0.2, 0.25) is 0 Å². The van der Waals surface area contributed by atoms with Crippen LogP contribution in [-0.2, 0) is 0 Å². The van der Waals surface area contributed by atoms with E-state index >= 15 is 0 Å². The third-order valence-corrected chi connectivity index (χ3v) is 5.26. The molecule has 9 heavy (non-hydrogen) atoms. The Balaban J connectivity index is 3.71. The van der Waals surface area contributed by atoms with Gasteiger partial charge in [0.1, 0.15) is 0 Å². The van der Waals surface area contributed by atoms with Gasteiger partial charge in [0.15, 0.2) is 0 Å². The zero-order chi connectivity index (χ0) is 7.44. The minimum Gasteiger partial charge on any atom is -0.102 e. The zero-order valence-corrected chi connectivity index (χ0v) is 9.91. The van der Waals surface area contributed by atoms with Gasteiger partial charge >= 0.3 is 0 Å². The Bertz CT molecular complexity index is 90.3. The van der Waals surface area contributed by atoms with E-state index in [9.17, 15) is 0 Å². The monoisotopic (exact) mass is 318 g/mol. The predicted octanol–water partition coefficient (Wildman–Crippen LogP) is 3.48. The number of allylic oxidation sites excluding steroid dienone is 1. The molecule has 0 aromatic carbocycles. The van der Waals surface area contributed by atoms with Gasteiger partial charge in [0, 0.05) is 14.5 Å². The van der Waals surface area contributed by atoms with Crippen LogP contribution in [-0.4, -0.2) is 14.5 Å². The maximum atomic E-state index is 3.67. The van der Waals surface area contributed by atoms with Gasteiger partial charge in [-0.05, 0) is 0 Å². The number of hydrogen-bond donors (Lipinski definition) is 0.